The van der Waals surface area contributed by atoms with E-state index in [4.69, 9.17) is 5.26 Å². The molecular formula is C11H19NO. The Morgan fingerprint density at radius 3 is 2.54 bits per heavy atom. The van der Waals surface area contributed by atoms with E-state index >= 15 is 0 Å². The molecule has 0 aliphatic rings. The number of ketones is 1. The van der Waals surface area contributed by atoms with Crippen molar-refractivity contribution < 1.29 is 4.79 Å². The monoisotopic (exact) mass is 181 g/mol. The molecule has 0 amide bonds. The molecule has 0 aromatic carbocycles. The molecule has 0 aromatic rings. The first-order valence-electron chi connectivity index (χ1n) is 4.99. The predicted octanol–water partition coefficient (Wildman–Crippen LogP) is 2.93. The maximum absolute atomic E-state index is 11.2. The first-order chi connectivity index (χ1) is 6.11. The summed E-state index contributed by atoms with van der Waals surface area (Å²) < 4.78 is 0. The summed E-state index contributed by atoms with van der Waals surface area (Å²) in [6, 6.07) is 2.09. The molecular weight excluding hydrogens is 162 g/mol. The van der Waals surface area contributed by atoms with Gasteiger partial charge < -0.3 is 0 Å². The van der Waals surface area contributed by atoms with Crippen LogP contribution in [0.4, 0.5) is 0 Å². The second kappa shape index (κ2) is 6.65. The van der Waals surface area contributed by atoms with E-state index in [1.54, 1.807) is 6.92 Å². The lowest BCUT2D eigenvalue weighted by Gasteiger charge is -2.16. The van der Waals surface area contributed by atoms with Crippen LogP contribution < -0.4 is 0 Å². The fourth-order valence-corrected chi connectivity index (χ4v) is 1.38. The van der Waals surface area contributed by atoms with E-state index in [0.717, 1.165) is 19.3 Å². The first kappa shape index (κ1) is 12.2. The van der Waals surface area contributed by atoms with Crippen LogP contribution in [0.5, 0.6) is 0 Å². The average molecular weight is 181 g/mol. The molecule has 74 valence electrons. The normalized spacial score (nSPS) is 14.6. The molecule has 0 saturated carbocycles. The van der Waals surface area contributed by atoms with Gasteiger partial charge in [-0.3, -0.25) is 4.79 Å². The predicted molar refractivity (Wildman–Crippen MR) is 53.1 cm³/mol. The third-order valence-corrected chi connectivity index (χ3v) is 2.56. The maximum Gasteiger partial charge on any atom is 0.132 e. The molecule has 2 unspecified atom stereocenters. The summed E-state index contributed by atoms with van der Waals surface area (Å²) in [7, 11) is 0. The molecule has 0 bridgehead atoms. The van der Waals surface area contributed by atoms with Crippen LogP contribution in [0.15, 0.2) is 0 Å². The van der Waals surface area contributed by atoms with Crippen LogP contribution >= 0.6 is 0 Å². The summed E-state index contributed by atoms with van der Waals surface area (Å²) in [5, 5.41) is 8.43. The Hall–Kier alpha value is -0.840. The lowest BCUT2D eigenvalue weighted by molar-refractivity contribution is -0.121. The van der Waals surface area contributed by atoms with Crippen LogP contribution in [0.3, 0.4) is 0 Å². The maximum atomic E-state index is 11.2. The standard InChI is InChI=1S/C11H19NO/c1-4-9(2)8-11(10(3)13)6-5-7-12/h9,11H,4-6,8H2,1-3H3. The molecule has 2 nitrogen and oxygen atoms in total. The van der Waals surface area contributed by atoms with Gasteiger partial charge >= 0.3 is 0 Å². The van der Waals surface area contributed by atoms with Gasteiger partial charge in [0, 0.05) is 12.3 Å². The Morgan fingerprint density at radius 1 is 1.54 bits per heavy atom. The largest absolute Gasteiger partial charge is 0.300 e. The van der Waals surface area contributed by atoms with E-state index in [-0.39, 0.29) is 11.7 Å². The number of hydrogen-bond donors (Lipinski definition) is 0. The van der Waals surface area contributed by atoms with Crippen LogP contribution in [0.2, 0.25) is 0 Å². The van der Waals surface area contributed by atoms with Crippen LogP contribution in [-0.2, 0) is 4.79 Å². The molecule has 0 fully saturated rings. The van der Waals surface area contributed by atoms with Gasteiger partial charge in [0.25, 0.3) is 0 Å². The molecule has 2 heteroatoms. The van der Waals surface area contributed by atoms with Crippen LogP contribution in [0.25, 0.3) is 0 Å². The van der Waals surface area contributed by atoms with E-state index in [1.807, 2.05) is 0 Å². The van der Waals surface area contributed by atoms with Gasteiger partial charge in [0.1, 0.15) is 5.78 Å². The molecule has 13 heavy (non-hydrogen) atoms. The smallest absolute Gasteiger partial charge is 0.132 e. The van der Waals surface area contributed by atoms with Crippen LogP contribution in [-0.4, -0.2) is 5.78 Å². The van der Waals surface area contributed by atoms with Crippen molar-refractivity contribution in [3.05, 3.63) is 0 Å². The Kier molecular flexibility index (Phi) is 6.22. The fourth-order valence-electron chi connectivity index (χ4n) is 1.38. The van der Waals surface area contributed by atoms with Crippen molar-refractivity contribution in [3.8, 4) is 6.07 Å². The SMILES string of the molecule is CCC(C)CC(CCC#N)C(C)=O. The summed E-state index contributed by atoms with van der Waals surface area (Å²) in [5.74, 6) is 0.928. The highest BCUT2D eigenvalue weighted by Crippen LogP contribution is 2.20. The Labute approximate surface area is 80.9 Å². The number of carbonyl (C=O) groups is 1. The van der Waals surface area contributed by atoms with Crippen molar-refractivity contribution in [1.29, 1.82) is 5.26 Å². The number of nitrogens with zero attached hydrogens (tertiary/aromatic N) is 1. The lowest BCUT2D eigenvalue weighted by Crippen LogP contribution is -2.14. The Bertz CT molecular complexity index is 193. The summed E-state index contributed by atoms with van der Waals surface area (Å²) in [4.78, 5) is 11.2. The minimum Gasteiger partial charge on any atom is -0.300 e. The topological polar surface area (TPSA) is 40.9 Å². The van der Waals surface area contributed by atoms with E-state index in [1.165, 1.54) is 0 Å². The minimum absolute atomic E-state index is 0.106. The van der Waals surface area contributed by atoms with E-state index < -0.39 is 0 Å². The van der Waals surface area contributed by atoms with Crippen molar-refractivity contribution in [2.45, 2.75) is 46.5 Å². The third-order valence-electron chi connectivity index (χ3n) is 2.56. The molecule has 2 atom stereocenters. The summed E-state index contributed by atoms with van der Waals surface area (Å²) in [6.07, 6.45) is 3.28. The molecule has 0 heterocycles. The van der Waals surface area contributed by atoms with Gasteiger partial charge in [-0.2, -0.15) is 5.26 Å². The summed E-state index contributed by atoms with van der Waals surface area (Å²) >= 11 is 0. The molecule has 0 spiro atoms. The zero-order chi connectivity index (χ0) is 10.3. The van der Waals surface area contributed by atoms with Gasteiger partial charge in [-0.05, 0) is 25.7 Å². The third kappa shape index (κ3) is 5.41. The van der Waals surface area contributed by atoms with Gasteiger partial charge in [0.2, 0.25) is 0 Å². The van der Waals surface area contributed by atoms with E-state index in [2.05, 4.69) is 19.9 Å². The minimum atomic E-state index is 0.106. The number of carbonyl (C=O) groups excluding carboxylic acids is 1. The molecule has 0 radical (unpaired) electrons. The molecule has 0 rings (SSSR count). The summed E-state index contributed by atoms with van der Waals surface area (Å²) in [5.41, 5.74) is 0. The molecule has 0 saturated heterocycles. The number of hydrogen-bond acceptors (Lipinski definition) is 2. The van der Waals surface area contributed by atoms with Crippen molar-refractivity contribution in [3.63, 3.8) is 0 Å². The Morgan fingerprint density at radius 2 is 2.15 bits per heavy atom. The first-order valence-corrected chi connectivity index (χ1v) is 4.99. The fraction of sp³-hybridized carbons (Fsp3) is 0.818. The van der Waals surface area contributed by atoms with Crippen LogP contribution in [0.1, 0.15) is 46.5 Å². The van der Waals surface area contributed by atoms with Crippen molar-refractivity contribution >= 4 is 5.78 Å². The van der Waals surface area contributed by atoms with Crippen molar-refractivity contribution in [1.82, 2.24) is 0 Å². The average Bonchev–Trinajstić information content (AvgIpc) is 2.11. The van der Waals surface area contributed by atoms with Gasteiger partial charge in [0.15, 0.2) is 0 Å². The zero-order valence-corrected chi connectivity index (χ0v) is 8.84. The highest BCUT2D eigenvalue weighted by atomic mass is 16.1. The molecule has 0 N–H and O–H groups in total. The van der Waals surface area contributed by atoms with Crippen LogP contribution in [0, 0.1) is 23.2 Å². The second-order valence-corrected chi connectivity index (χ2v) is 3.75. The lowest BCUT2D eigenvalue weighted by atomic mass is 9.88. The second-order valence-electron chi connectivity index (χ2n) is 3.75. The van der Waals surface area contributed by atoms with Gasteiger partial charge in [-0.15, -0.1) is 0 Å². The van der Waals surface area contributed by atoms with Gasteiger partial charge in [0.05, 0.1) is 6.07 Å². The molecule has 0 aliphatic carbocycles. The Balaban J connectivity index is 3.96. The van der Waals surface area contributed by atoms with Gasteiger partial charge in [-0.25, -0.2) is 0 Å². The quantitative estimate of drug-likeness (QED) is 0.632. The van der Waals surface area contributed by atoms with Crippen molar-refractivity contribution in [2.75, 3.05) is 0 Å². The number of nitriles is 1. The summed E-state index contributed by atoms with van der Waals surface area (Å²) in [6.45, 7) is 5.92. The van der Waals surface area contributed by atoms with Crippen molar-refractivity contribution in [2.24, 2.45) is 11.8 Å². The number of rotatable bonds is 6. The highest BCUT2D eigenvalue weighted by molar-refractivity contribution is 5.78. The number of Topliss-reactive ketones (excluding diaryl/α,β-unsaturated/α-hetero) is 1. The zero-order valence-electron chi connectivity index (χ0n) is 8.84. The highest BCUT2D eigenvalue weighted by Gasteiger charge is 2.16. The van der Waals surface area contributed by atoms with E-state index in [0.29, 0.717) is 12.3 Å². The molecule has 0 aliphatic heterocycles. The van der Waals surface area contributed by atoms with Gasteiger partial charge in [-0.1, -0.05) is 20.3 Å². The van der Waals surface area contributed by atoms with E-state index in [9.17, 15) is 4.79 Å². The molecule has 0 aromatic heterocycles.